The van der Waals surface area contributed by atoms with Crippen molar-refractivity contribution in [2.75, 3.05) is 13.2 Å². The first-order chi connectivity index (χ1) is 20.2. The third kappa shape index (κ3) is 12.1. The molecule has 2 amide bonds. The van der Waals surface area contributed by atoms with Crippen LogP contribution in [0.3, 0.4) is 0 Å². The average molecular weight is 635 g/mol. The van der Waals surface area contributed by atoms with Crippen LogP contribution in [-0.4, -0.2) is 78.7 Å². The van der Waals surface area contributed by atoms with Crippen LogP contribution in [0.5, 0.6) is 0 Å². The number of amides is 2. The molecule has 0 N–H and O–H groups in total. The lowest BCUT2D eigenvalue weighted by atomic mass is 9.96. The van der Waals surface area contributed by atoms with E-state index in [9.17, 15) is 14.4 Å². The van der Waals surface area contributed by atoms with Crippen molar-refractivity contribution in [3.8, 4) is 0 Å². The highest BCUT2D eigenvalue weighted by molar-refractivity contribution is 6.76. The van der Waals surface area contributed by atoms with Crippen LogP contribution in [-0.2, 0) is 30.3 Å². The number of ether oxygens (including phenoxy) is 4. The van der Waals surface area contributed by atoms with Crippen molar-refractivity contribution < 1.29 is 33.3 Å². The van der Waals surface area contributed by atoms with Gasteiger partial charge in [0.2, 0.25) is 0 Å². The minimum Gasteiger partial charge on any atom is -0.464 e. The van der Waals surface area contributed by atoms with Gasteiger partial charge < -0.3 is 18.9 Å². The molecule has 0 radical (unpaired) electrons. The van der Waals surface area contributed by atoms with E-state index in [0.717, 1.165) is 11.6 Å². The zero-order chi connectivity index (χ0) is 33.5. The maximum Gasteiger partial charge on any atom is 0.412 e. The molecule has 2 unspecified atom stereocenters. The molecule has 1 aliphatic rings. The summed E-state index contributed by atoms with van der Waals surface area (Å²) in [4.78, 5) is 44.2. The molecule has 3 atom stereocenters. The van der Waals surface area contributed by atoms with Gasteiger partial charge in [0.25, 0.3) is 0 Å². The first-order valence-corrected chi connectivity index (χ1v) is 19.7. The van der Waals surface area contributed by atoms with Gasteiger partial charge in [-0.1, -0.05) is 77.7 Å². The predicted molar refractivity (Wildman–Crippen MR) is 176 cm³/mol. The lowest BCUT2D eigenvalue weighted by Gasteiger charge is -2.36. The molecule has 1 aliphatic heterocycles. The van der Waals surface area contributed by atoms with Crippen molar-refractivity contribution in [1.29, 1.82) is 0 Å². The number of rotatable bonds is 13. The smallest absolute Gasteiger partial charge is 0.412 e. The van der Waals surface area contributed by atoms with E-state index in [1.165, 1.54) is 4.90 Å². The molecule has 2 rings (SSSR count). The summed E-state index contributed by atoms with van der Waals surface area (Å²) < 4.78 is 24.0. The lowest BCUT2D eigenvalue weighted by Crippen LogP contribution is -2.53. The molecule has 250 valence electrons. The second kappa shape index (κ2) is 15.6. The van der Waals surface area contributed by atoms with Gasteiger partial charge in [-0.3, -0.25) is 9.80 Å². The Morgan fingerprint density at radius 3 is 2.14 bits per heavy atom. The lowest BCUT2D eigenvalue weighted by molar-refractivity contribution is -0.150. The summed E-state index contributed by atoms with van der Waals surface area (Å²) in [7, 11) is -1.45. The molecule has 0 aromatic heterocycles. The van der Waals surface area contributed by atoms with E-state index in [1.807, 2.05) is 78.8 Å². The van der Waals surface area contributed by atoms with Gasteiger partial charge in [-0.2, -0.15) is 0 Å². The van der Waals surface area contributed by atoms with Crippen molar-refractivity contribution in [3.63, 3.8) is 0 Å². The highest BCUT2D eigenvalue weighted by Gasteiger charge is 2.52. The standard InChI is InChI=1S/C34H58N2O7Si/c1-24(2)20-27-29(42-34(8,9)36(27)32(39)43-33(5,6)7)22-35(31(38)41-23-26-16-14-13-15-17-26)28(21-25(3)4)30(37)40-18-19-44(10,11)12/h13-17,24-25,27-29H,18-23H2,1-12H3/t27?,28-,29?/m0/s1. The highest BCUT2D eigenvalue weighted by Crippen LogP contribution is 2.37. The van der Waals surface area contributed by atoms with Gasteiger partial charge in [-0.15, -0.1) is 0 Å². The van der Waals surface area contributed by atoms with Gasteiger partial charge in [0, 0.05) is 8.07 Å². The van der Waals surface area contributed by atoms with E-state index >= 15 is 0 Å². The summed E-state index contributed by atoms with van der Waals surface area (Å²) >= 11 is 0. The summed E-state index contributed by atoms with van der Waals surface area (Å²) in [5.74, 6) is -0.128. The number of carbonyl (C=O) groups excluding carboxylic acids is 3. The molecule has 0 saturated carbocycles. The molecule has 1 heterocycles. The van der Waals surface area contributed by atoms with Crippen LogP contribution in [0, 0.1) is 11.8 Å². The van der Waals surface area contributed by atoms with E-state index < -0.39 is 55.7 Å². The first-order valence-electron chi connectivity index (χ1n) is 16.0. The Morgan fingerprint density at radius 2 is 1.61 bits per heavy atom. The second-order valence-electron chi connectivity index (χ2n) is 15.5. The summed E-state index contributed by atoms with van der Waals surface area (Å²) in [6, 6.07) is 8.99. The molecule has 1 aromatic rings. The first kappa shape index (κ1) is 37.6. The molecule has 1 saturated heterocycles. The Hall–Kier alpha value is -2.59. The molecule has 0 aliphatic carbocycles. The number of esters is 1. The molecule has 0 spiro atoms. The van der Waals surface area contributed by atoms with Crippen molar-refractivity contribution in [2.24, 2.45) is 11.8 Å². The van der Waals surface area contributed by atoms with Crippen LogP contribution < -0.4 is 0 Å². The minimum absolute atomic E-state index is 0.0498. The zero-order valence-electron chi connectivity index (χ0n) is 29.3. The largest absolute Gasteiger partial charge is 0.464 e. The normalized spacial score (nSPS) is 19.2. The zero-order valence-corrected chi connectivity index (χ0v) is 30.3. The Kier molecular flexibility index (Phi) is 13.3. The summed E-state index contributed by atoms with van der Waals surface area (Å²) in [6.45, 7) is 24.4. The van der Waals surface area contributed by atoms with Crippen LogP contribution in [0.1, 0.15) is 80.7 Å². The monoisotopic (exact) mass is 634 g/mol. The Labute approximate surface area is 266 Å². The summed E-state index contributed by atoms with van der Waals surface area (Å²) in [5.41, 5.74) is -0.855. The number of hydrogen-bond donors (Lipinski definition) is 0. The SMILES string of the molecule is CC(C)CC1C(CN(C(=O)OCc2ccccc2)[C@@H](CC(C)C)C(=O)OCC[Si](C)(C)C)OC(C)(C)N1C(=O)OC(C)(C)C. The van der Waals surface area contributed by atoms with Crippen LogP contribution in [0.15, 0.2) is 30.3 Å². The van der Waals surface area contributed by atoms with E-state index in [4.69, 9.17) is 18.9 Å². The highest BCUT2D eigenvalue weighted by atomic mass is 28.3. The van der Waals surface area contributed by atoms with Crippen molar-refractivity contribution >= 4 is 26.2 Å². The number of hydrogen-bond acceptors (Lipinski definition) is 7. The molecule has 0 bridgehead atoms. The van der Waals surface area contributed by atoms with E-state index in [1.54, 1.807) is 4.90 Å². The molecule has 44 heavy (non-hydrogen) atoms. The molecule has 1 aromatic carbocycles. The third-order valence-corrected chi connectivity index (χ3v) is 9.04. The predicted octanol–water partition coefficient (Wildman–Crippen LogP) is 7.71. The number of carbonyl (C=O) groups is 3. The van der Waals surface area contributed by atoms with Gasteiger partial charge in [0.1, 0.15) is 24.0 Å². The van der Waals surface area contributed by atoms with Crippen molar-refractivity contribution in [1.82, 2.24) is 9.80 Å². The van der Waals surface area contributed by atoms with Gasteiger partial charge >= 0.3 is 18.2 Å². The van der Waals surface area contributed by atoms with Crippen molar-refractivity contribution in [3.05, 3.63) is 35.9 Å². The average Bonchev–Trinajstić information content (AvgIpc) is 3.11. The summed E-state index contributed by atoms with van der Waals surface area (Å²) in [5, 5.41) is 0. The number of nitrogens with zero attached hydrogens (tertiary/aromatic N) is 2. The van der Waals surface area contributed by atoms with Crippen LogP contribution >= 0.6 is 0 Å². The minimum atomic E-state index is -1.45. The van der Waals surface area contributed by atoms with Gasteiger partial charge in [-0.05, 0) is 70.9 Å². The summed E-state index contributed by atoms with van der Waals surface area (Å²) in [6.07, 6.45) is -0.669. The van der Waals surface area contributed by atoms with Gasteiger partial charge in [0.15, 0.2) is 0 Å². The number of benzene rings is 1. The molecule has 9 nitrogen and oxygen atoms in total. The topological polar surface area (TPSA) is 94.6 Å². The molecular formula is C34H58N2O7Si. The van der Waals surface area contributed by atoms with Gasteiger partial charge in [-0.25, -0.2) is 14.4 Å². The molecule has 1 fully saturated rings. The fourth-order valence-electron chi connectivity index (χ4n) is 5.31. The van der Waals surface area contributed by atoms with Crippen LogP contribution in [0.25, 0.3) is 0 Å². The van der Waals surface area contributed by atoms with Crippen LogP contribution in [0.2, 0.25) is 25.7 Å². The van der Waals surface area contributed by atoms with Crippen LogP contribution in [0.4, 0.5) is 9.59 Å². The Morgan fingerprint density at radius 1 is 1.00 bits per heavy atom. The maximum absolute atomic E-state index is 13.9. The van der Waals surface area contributed by atoms with E-state index in [-0.39, 0.29) is 25.0 Å². The fourth-order valence-corrected chi connectivity index (χ4v) is 6.03. The molecular weight excluding hydrogens is 576 g/mol. The Balaban J connectivity index is 2.48. The molecule has 10 heteroatoms. The second-order valence-corrected chi connectivity index (χ2v) is 21.1. The third-order valence-electron chi connectivity index (χ3n) is 7.34. The van der Waals surface area contributed by atoms with Crippen molar-refractivity contribution in [2.45, 2.75) is 137 Å². The Bertz CT molecular complexity index is 1080. The fraction of sp³-hybridized carbons (Fsp3) is 0.735. The van der Waals surface area contributed by atoms with E-state index in [2.05, 4.69) is 33.5 Å². The van der Waals surface area contributed by atoms with E-state index in [0.29, 0.717) is 19.4 Å². The quantitative estimate of drug-likeness (QED) is 0.125. The van der Waals surface area contributed by atoms with Gasteiger partial charge in [0.05, 0.1) is 25.3 Å². The maximum atomic E-state index is 13.9.